The molecule has 2 aromatic rings. The summed E-state index contributed by atoms with van der Waals surface area (Å²) < 4.78 is 40.3. The van der Waals surface area contributed by atoms with Crippen molar-refractivity contribution < 1.29 is 17.6 Å². The lowest BCUT2D eigenvalue weighted by molar-refractivity contribution is -0.120. The molecular weight excluding hydrogens is 357 g/mol. The number of nitrogens with zero attached hydrogens (tertiary/aromatic N) is 2. The summed E-state index contributed by atoms with van der Waals surface area (Å²) in [6, 6.07) is 13.8. The van der Waals surface area contributed by atoms with Crippen molar-refractivity contribution >= 4 is 21.8 Å². The van der Waals surface area contributed by atoms with E-state index >= 15 is 0 Å². The molecule has 0 aliphatic rings. The van der Waals surface area contributed by atoms with Crippen molar-refractivity contribution in [3.63, 3.8) is 0 Å². The second-order valence-corrected chi connectivity index (χ2v) is 8.04. The monoisotopic (exact) mass is 379 g/mol. The lowest BCUT2D eigenvalue weighted by Crippen LogP contribution is -2.46. The van der Waals surface area contributed by atoms with Crippen LogP contribution in [0.3, 0.4) is 0 Å². The van der Waals surface area contributed by atoms with Crippen LogP contribution in [-0.4, -0.2) is 39.3 Å². The zero-order valence-electron chi connectivity index (χ0n) is 14.9. The first-order chi connectivity index (χ1) is 12.2. The number of carbonyl (C=O) groups excluding carboxylic acids is 1. The zero-order chi connectivity index (χ0) is 19.3. The number of halogens is 1. The SMILES string of the molecule is C[C@@H](NC(=O)CN(c1ccccc1)S(=O)(=O)N(C)C)c1ccc(F)cc1. The van der Waals surface area contributed by atoms with Crippen LogP contribution in [0.1, 0.15) is 18.5 Å². The molecular formula is C18H22FN3O3S. The molecule has 1 amide bonds. The van der Waals surface area contributed by atoms with Gasteiger partial charge in [-0.25, -0.2) is 8.70 Å². The van der Waals surface area contributed by atoms with E-state index in [2.05, 4.69) is 5.32 Å². The lowest BCUT2D eigenvalue weighted by atomic mass is 10.1. The Morgan fingerprint density at radius 1 is 1.08 bits per heavy atom. The molecule has 0 fully saturated rings. The van der Waals surface area contributed by atoms with E-state index < -0.39 is 16.1 Å². The molecule has 0 saturated heterocycles. The van der Waals surface area contributed by atoms with E-state index in [-0.39, 0.29) is 18.4 Å². The Morgan fingerprint density at radius 2 is 1.65 bits per heavy atom. The molecule has 1 N–H and O–H groups in total. The fourth-order valence-corrected chi connectivity index (χ4v) is 3.41. The summed E-state index contributed by atoms with van der Waals surface area (Å²) in [5, 5.41) is 2.74. The molecule has 0 saturated carbocycles. The molecule has 0 spiro atoms. The van der Waals surface area contributed by atoms with Crippen molar-refractivity contribution in [2.75, 3.05) is 24.9 Å². The molecule has 26 heavy (non-hydrogen) atoms. The Hall–Kier alpha value is -2.45. The van der Waals surface area contributed by atoms with Crippen LogP contribution in [0, 0.1) is 5.82 Å². The number of benzene rings is 2. The summed E-state index contributed by atoms with van der Waals surface area (Å²) in [5.41, 5.74) is 1.12. The van der Waals surface area contributed by atoms with Crippen molar-refractivity contribution in [2.45, 2.75) is 13.0 Å². The molecule has 1 atom stereocenters. The highest BCUT2D eigenvalue weighted by Gasteiger charge is 2.27. The predicted octanol–water partition coefficient (Wildman–Crippen LogP) is 2.32. The topological polar surface area (TPSA) is 69.7 Å². The minimum absolute atomic E-state index is 0.361. The maximum atomic E-state index is 13.0. The first kappa shape index (κ1) is 19.9. The van der Waals surface area contributed by atoms with Crippen molar-refractivity contribution in [3.05, 3.63) is 66.0 Å². The Bertz CT molecular complexity index is 840. The van der Waals surface area contributed by atoms with E-state index in [0.717, 1.165) is 14.2 Å². The molecule has 6 nitrogen and oxygen atoms in total. The second kappa shape index (κ2) is 8.29. The first-order valence-corrected chi connectivity index (χ1v) is 9.41. The largest absolute Gasteiger partial charge is 0.348 e. The summed E-state index contributed by atoms with van der Waals surface area (Å²) in [5.74, 6) is -0.823. The standard InChI is InChI=1S/C18H22FN3O3S/c1-14(15-9-11-16(19)12-10-15)20-18(23)13-22(26(24,25)21(2)3)17-7-5-4-6-8-17/h4-12,14H,13H2,1-3H3,(H,20,23)/t14-/m1/s1. The highest BCUT2D eigenvalue weighted by Crippen LogP contribution is 2.19. The van der Waals surface area contributed by atoms with E-state index in [0.29, 0.717) is 5.69 Å². The lowest BCUT2D eigenvalue weighted by Gasteiger charge is -2.27. The molecule has 0 heterocycles. The molecule has 0 aromatic heterocycles. The van der Waals surface area contributed by atoms with Gasteiger partial charge in [-0.2, -0.15) is 12.7 Å². The second-order valence-electron chi connectivity index (χ2n) is 5.97. The number of anilines is 1. The third-order valence-electron chi connectivity index (χ3n) is 3.82. The molecule has 2 aromatic carbocycles. The Kier molecular flexibility index (Phi) is 6.33. The summed E-state index contributed by atoms with van der Waals surface area (Å²) in [6.45, 7) is 1.38. The Labute approximate surface area is 153 Å². The highest BCUT2D eigenvalue weighted by atomic mass is 32.2. The average molecular weight is 379 g/mol. The number of carbonyl (C=O) groups is 1. The van der Waals surface area contributed by atoms with Crippen LogP contribution in [0.25, 0.3) is 0 Å². The number of amides is 1. The van der Waals surface area contributed by atoms with Crippen LogP contribution >= 0.6 is 0 Å². The number of para-hydroxylation sites is 1. The quantitative estimate of drug-likeness (QED) is 0.803. The maximum absolute atomic E-state index is 13.0. The van der Waals surface area contributed by atoms with Gasteiger partial charge in [-0.3, -0.25) is 4.79 Å². The van der Waals surface area contributed by atoms with Gasteiger partial charge in [-0.15, -0.1) is 0 Å². The smallest absolute Gasteiger partial charge is 0.304 e. The van der Waals surface area contributed by atoms with E-state index in [4.69, 9.17) is 0 Å². The van der Waals surface area contributed by atoms with Gasteiger partial charge in [0.05, 0.1) is 11.7 Å². The average Bonchev–Trinajstić information content (AvgIpc) is 2.60. The van der Waals surface area contributed by atoms with E-state index in [9.17, 15) is 17.6 Å². The van der Waals surface area contributed by atoms with Gasteiger partial charge in [0.15, 0.2) is 0 Å². The van der Waals surface area contributed by atoms with Crippen molar-refractivity contribution in [2.24, 2.45) is 0 Å². The van der Waals surface area contributed by atoms with Gasteiger partial charge in [-0.05, 0) is 36.8 Å². The van der Waals surface area contributed by atoms with Gasteiger partial charge in [0, 0.05) is 14.1 Å². The normalized spacial score (nSPS) is 12.7. The third-order valence-corrected chi connectivity index (χ3v) is 5.64. The summed E-state index contributed by atoms with van der Waals surface area (Å²) in [6.07, 6.45) is 0. The van der Waals surface area contributed by atoms with Gasteiger partial charge in [0.2, 0.25) is 5.91 Å². The molecule has 8 heteroatoms. The molecule has 0 unspecified atom stereocenters. The summed E-state index contributed by atoms with van der Waals surface area (Å²) >= 11 is 0. The van der Waals surface area contributed by atoms with E-state index in [1.54, 1.807) is 49.4 Å². The summed E-state index contributed by atoms with van der Waals surface area (Å²) in [4.78, 5) is 12.4. The molecule has 0 bridgehead atoms. The van der Waals surface area contributed by atoms with Crippen LogP contribution in [0.4, 0.5) is 10.1 Å². The van der Waals surface area contributed by atoms with Gasteiger partial charge in [0.1, 0.15) is 12.4 Å². The number of nitrogens with one attached hydrogen (secondary N) is 1. The minimum atomic E-state index is -3.84. The van der Waals surface area contributed by atoms with Gasteiger partial charge in [0.25, 0.3) is 0 Å². The van der Waals surface area contributed by atoms with Crippen LogP contribution in [0.15, 0.2) is 54.6 Å². The minimum Gasteiger partial charge on any atom is -0.348 e. The van der Waals surface area contributed by atoms with Crippen LogP contribution in [0.5, 0.6) is 0 Å². The Morgan fingerprint density at radius 3 is 2.19 bits per heavy atom. The first-order valence-electron chi connectivity index (χ1n) is 8.02. The van der Waals surface area contributed by atoms with Crippen LogP contribution < -0.4 is 9.62 Å². The predicted molar refractivity (Wildman–Crippen MR) is 99.4 cm³/mol. The summed E-state index contributed by atoms with van der Waals surface area (Å²) in [7, 11) is -1.02. The fraction of sp³-hybridized carbons (Fsp3) is 0.278. The van der Waals surface area contributed by atoms with E-state index in [1.165, 1.54) is 26.2 Å². The molecule has 140 valence electrons. The Balaban J connectivity index is 2.17. The highest BCUT2D eigenvalue weighted by molar-refractivity contribution is 7.90. The molecule has 0 radical (unpaired) electrons. The number of rotatable bonds is 7. The van der Waals surface area contributed by atoms with Crippen molar-refractivity contribution in [3.8, 4) is 0 Å². The van der Waals surface area contributed by atoms with Crippen LogP contribution in [-0.2, 0) is 15.0 Å². The zero-order valence-corrected chi connectivity index (χ0v) is 15.7. The molecule has 0 aliphatic heterocycles. The van der Waals surface area contributed by atoms with Gasteiger partial charge < -0.3 is 5.32 Å². The van der Waals surface area contributed by atoms with Crippen molar-refractivity contribution in [1.82, 2.24) is 9.62 Å². The van der Waals surface area contributed by atoms with E-state index in [1.807, 2.05) is 0 Å². The fourth-order valence-electron chi connectivity index (χ4n) is 2.35. The molecule has 0 aliphatic carbocycles. The molecule has 2 rings (SSSR count). The van der Waals surface area contributed by atoms with Gasteiger partial charge >= 0.3 is 10.2 Å². The maximum Gasteiger partial charge on any atom is 0.304 e. The van der Waals surface area contributed by atoms with Crippen LogP contribution in [0.2, 0.25) is 0 Å². The third kappa shape index (κ3) is 4.80. The van der Waals surface area contributed by atoms with Gasteiger partial charge in [-0.1, -0.05) is 30.3 Å². The number of hydrogen-bond donors (Lipinski definition) is 1. The van der Waals surface area contributed by atoms with Crippen molar-refractivity contribution in [1.29, 1.82) is 0 Å². The number of hydrogen-bond acceptors (Lipinski definition) is 3.